The van der Waals surface area contributed by atoms with Gasteiger partial charge in [-0.05, 0) is 23.6 Å². The number of ketones is 1. The SMILES string of the molecule is CC(=O)c1oc2ccccc2c1NC(=O)COC(=O)c1cccs1. The van der Waals surface area contributed by atoms with E-state index >= 15 is 0 Å². The number of esters is 1. The van der Waals surface area contributed by atoms with Crippen LogP contribution in [0.1, 0.15) is 27.2 Å². The second-order valence-corrected chi connectivity index (χ2v) is 5.91. The Morgan fingerprint density at radius 1 is 1.17 bits per heavy atom. The summed E-state index contributed by atoms with van der Waals surface area (Å²) in [7, 11) is 0. The van der Waals surface area contributed by atoms with E-state index in [1.165, 1.54) is 18.3 Å². The van der Waals surface area contributed by atoms with E-state index in [1.54, 1.807) is 41.8 Å². The van der Waals surface area contributed by atoms with Crippen LogP contribution in [0.5, 0.6) is 0 Å². The molecule has 1 amide bonds. The largest absolute Gasteiger partial charge is 0.451 e. The zero-order valence-corrected chi connectivity index (χ0v) is 13.5. The van der Waals surface area contributed by atoms with Crippen molar-refractivity contribution in [3.8, 4) is 0 Å². The molecule has 2 heterocycles. The van der Waals surface area contributed by atoms with Gasteiger partial charge in [-0.1, -0.05) is 18.2 Å². The molecule has 0 saturated carbocycles. The second kappa shape index (κ2) is 6.67. The van der Waals surface area contributed by atoms with E-state index in [4.69, 9.17) is 9.15 Å². The number of ether oxygens (including phenoxy) is 1. The van der Waals surface area contributed by atoms with Crippen LogP contribution in [0.25, 0.3) is 11.0 Å². The summed E-state index contributed by atoms with van der Waals surface area (Å²) in [6.45, 7) is 0.901. The van der Waals surface area contributed by atoms with Crippen LogP contribution in [0.3, 0.4) is 0 Å². The Morgan fingerprint density at radius 3 is 2.67 bits per heavy atom. The molecule has 6 nitrogen and oxygen atoms in total. The van der Waals surface area contributed by atoms with Gasteiger partial charge in [-0.2, -0.15) is 0 Å². The maximum absolute atomic E-state index is 12.1. The smallest absolute Gasteiger partial charge is 0.348 e. The number of fused-ring (bicyclic) bond motifs is 1. The minimum absolute atomic E-state index is 0.0640. The summed E-state index contributed by atoms with van der Waals surface area (Å²) in [5.74, 6) is -1.36. The average molecular weight is 343 g/mol. The second-order valence-electron chi connectivity index (χ2n) is 4.96. The Kier molecular flexibility index (Phi) is 4.43. The van der Waals surface area contributed by atoms with Crippen molar-refractivity contribution in [2.24, 2.45) is 0 Å². The van der Waals surface area contributed by atoms with Crippen molar-refractivity contribution in [1.29, 1.82) is 0 Å². The molecule has 122 valence electrons. The number of amides is 1. The number of carbonyl (C=O) groups is 3. The first-order chi connectivity index (χ1) is 11.6. The first-order valence-electron chi connectivity index (χ1n) is 7.09. The Balaban J connectivity index is 1.74. The van der Waals surface area contributed by atoms with Crippen LogP contribution >= 0.6 is 11.3 Å². The Morgan fingerprint density at radius 2 is 1.96 bits per heavy atom. The number of anilines is 1. The number of para-hydroxylation sites is 1. The number of hydrogen-bond acceptors (Lipinski definition) is 6. The molecule has 0 aliphatic heterocycles. The van der Waals surface area contributed by atoms with Crippen LogP contribution in [0.4, 0.5) is 5.69 Å². The highest BCUT2D eigenvalue weighted by molar-refractivity contribution is 7.11. The molecule has 0 aliphatic carbocycles. The number of hydrogen-bond donors (Lipinski definition) is 1. The Labute approximate surface area is 141 Å². The molecule has 0 aliphatic rings. The van der Waals surface area contributed by atoms with Gasteiger partial charge < -0.3 is 14.5 Å². The molecule has 24 heavy (non-hydrogen) atoms. The van der Waals surface area contributed by atoms with Crippen LogP contribution in [0.2, 0.25) is 0 Å². The molecule has 0 saturated heterocycles. The van der Waals surface area contributed by atoms with Crippen LogP contribution in [-0.4, -0.2) is 24.3 Å². The summed E-state index contributed by atoms with van der Waals surface area (Å²) in [5.41, 5.74) is 0.781. The third kappa shape index (κ3) is 3.21. The predicted molar refractivity (Wildman–Crippen MR) is 89.4 cm³/mol. The van der Waals surface area contributed by atoms with Gasteiger partial charge in [-0.25, -0.2) is 4.79 Å². The van der Waals surface area contributed by atoms with Crippen LogP contribution in [0, 0.1) is 0 Å². The first-order valence-corrected chi connectivity index (χ1v) is 7.97. The van der Waals surface area contributed by atoms with Crippen LogP contribution < -0.4 is 5.32 Å². The van der Waals surface area contributed by atoms with Gasteiger partial charge in [0, 0.05) is 12.3 Å². The molecule has 0 bridgehead atoms. The van der Waals surface area contributed by atoms with Gasteiger partial charge in [-0.3, -0.25) is 9.59 Å². The van der Waals surface area contributed by atoms with Crippen LogP contribution in [-0.2, 0) is 9.53 Å². The molecule has 0 radical (unpaired) electrons. The fraction of sp³-hybridized carbons (Fsp3) is 0.118. The molecular weight excluding hydrogens is 330 g/mol. The Bertz CT molecular complexity index is 910. The lowest BCUT2D eigenvalue weighted by molar-refractivity contribution is -0.119. The minimum atomic E-state index is -0.566. The number of carbonyl (C=O) groups excluding carboxylic acids is 3. The lowest BCUT2D eigenvalue weighted by atomic mass is 10.2. The highest BCUT2D eigenvalue weighted by Gasteiger charge is 2.20. The van der Waals surface area contributed by atoms with E-state index in [2.05, 4.69) is 5.32 Å². The van der Waals surface area contributed by atoms with Gasteiger partial charge in [0.25, 0.3) is 5.91 Å². The molecule has 0 unspecified atom stereocenters. The zero-order valence-electron chi connectivity index (χ0n) is 12.7. The first kappa shape index (κ1) is 15.9. The van der Waals surface area contributed by atoms with E-state index < -0.39 is 18.5 Å². The lowest BCUT2D eigenvalue weighted by Crippen LogP contribution is -2.21. The van der Waals surface area contributed by atoms with Crippen molar-refractivity contribution >= 4 is 45.7 Å². The standard InChI is InChI=1S/C17H13NO5S/c1-10(19)16-15(11-5-2-3-6-12(11)23-16)18-14(20)9-22-17(21)13-7-4-8-24-13/h2-8H,9H2,1H3,(H,18,20). The third-order valence-electron chi connectivity index (χ3n) is 3.24. The third-order valence-corrected chi connectivity index (χ3v) is 4.09. The van der Waals surface area contributed by atoms with Crippen molar-refractivity contribution in [1.82, 2.24) is 0 Å². The normalized spacial score (nSPS) is 10.5. The summed E-state index contributed by atoms with van der Waals surface area (Å²) in [6, 6.07) is 10.3. The molecule has 0 spiro atoms. The summed E-state index contributed by atoms with van der Waals surface area (Å²) in [5, 5.41) is 4.94. The van der Waals surface area contributed by atoms with Crippen molar-refractivity contribution in [2.45, 2.75) is 6.92 Å². The van der Waals surface area contributed by atoms with E-state index in [-0.39, 0.29) is 17.2 Å². The van der Waals surface area contributed by atoms with E-state index in [9.17, 15) is 14.4 Å². The topological polar surface area (TPSA) is 85.6 Å². The zero-order chi connectivity index (χ0) is 17.1. The molecule has 0 atom stereocenters. The number of rotatable bonds is 5. The molecular formula is C17H13NO5S. The summed E-state index contributed by atoms with van der Waals surface area (Å²) in [6.07, 6.45) is 0. The number of Topliss-reactive ketones (excluding diaryl/α,β-unsaturated/α-hetero) is 1. The number of thiophene rings is 1. The van der Waals surface area contributed by atoms with Gasteiger partial charge in [-0.15, -0.1) is 11.3 Å². The fourth-order valence-electron chi connectivity index (χ4n) is 2.19. The predicted octanol–water partition coefficient (Wildman–Crippen LogP) is 3.49. The molecule has 7 heteroatoms. The average Bonchev–Trinajstić information content (AvgIpc) is 3.21. The minimum Gasteiger partial charge on any atom is -0.451 e. The molecule has 1 aromatic carbocycles. The summed E-state index contributed by atoms with van der Waals surface area (Å²) in [4.78, 5) is 35.9. The maximum Gasteiger partial charge on any atom is 0.348 e. The van der Waals surface area contributed by atoms with Gasteiger partial charge in [0.05, 0.1) is 5.69 Å². The Hall–Kier alpha value is -2.93. The lowest BCUT2D eigenvalue weighted by Gasteiger charge is -2.05. The van der Waals surface area contributed by atoms with E-state index in [1.807, 2.05) is 0 Å². The van der Waals surface area contributed by atoms with Crippen molar-refractivity contribution in [3.05, 3.63) is 52.4 Å². The molecule has 1 N–H and O–H groups in total. The molecule has 2 aromatic heterocycles. The van der Waals surface area contributed by atoms with Crippen molar-refractivity contribution in [2.75, 3.05) is 11.9 Å². The van der Waals surface area contributed by atoms with Gasteiger partial charge in [0.2, 0.25) is 0 Å². The molecule has 3 aromatic rings. The quantitative estimate of drug-likeness (QED) is 0.566. The van der Waals surface area contributed by atoms with Gasteiger partial charge in [0.15, 0.2) is 18.2 Å². The number of nitrogens with one attached hydrogen (secondary N) is 1. The number of benzene rings is 1. The van der Waals surface area contributed by atoms with Crippen molar-refractivity contribution in [3.63, 3.8) is 0 Å². The highest BCUT2D eigenvalue weighted by Crippen LogP contribution is 2.31. The highest BCUT2D eigenvalue weighted by atomic mass is 32.1. The van der Waals surface area contributed by atoms with Crippen LogP contribution in [0.15, 0.2) is 46.2 Å². The van der Waals surface area contributed by atoms with Gasteiger partial charge >= 0.3 is 5.97 Å². The fourth-order valence-corrected chi connectivity index (χ4v) is 2.81. The van der Waals surface area contributed by atoms with Crippen molar-refractivity contribution < 1.29 is 23.5 Å². The molecule has 3 rings (SSSR count). The monoisotopic (exact) mass is 343 g/mol. The molecule has 0 fully saturated rings. The summed E-state index contributed by atoms with van der Waals surface area (Å²) >= 11 is 1.23. The summed E-state index contributed by atoms with van der Waals surface area (Å²) < 4.78 is 10.4. The van der Waals surface area contributed by atoms with E-state index in [0.29, 0.717) is 15.8 Å². The maximum atomic E-state index is 12.1. The van der Waals surface area contributed by atoms with E-state index in [0.717, 1.165) is 0 Å². The van der Waals surface area contributed by atoms with Gasteiger partial charge in [0.1, 0.15) is 10.5 Å². The number of furan rings is 1.